The minimum atomic E-state index is -0.337. The van der Waals surface area contributed by atoms with Gasteiger partial charge < -0.3 is 4.90 Å². The first-order chi connectivity index (χ1) is 9.02. The molecule has 0 N–H and O–H groups in total. The lowest BCUT2D eigenvalue weighted by Crippen LogP contribution is -2.30. The Labute approximate surface area is 121 Å². The van der Waals surface area contributed by atoms with Crippen LogP contribution in [0.4, 0.5) is 0 Å². The van der Waals surface area contributed by atoms with E-state index in [1.54, 1.807) is 29.9 Å². The van der Waals surface area contributed by atoms with Gasteiger partial charge in [-0.15, -0.1) is 0 Å². The zero-order valence-electron chi connectivity index (χ0n) is 11.2. The molecule has 19 heavy (non-hydrogen) atoms. The van der Waals surface area contributed by atoms with E-state index in [1.807, 2.05) is 37.3 Å². The topological polar surface area (TPSA) is 38.1 Å². The first kappa shape index (κ1) is 13.8. The number of hydrogen-bond donors (Lipinski definition) is 0. The fourth-order valence-corrected chi connectivity index (χ4v) is 2.48. The van der Waals surface area contributed by atoms with E-state index in [9.17, 15) is 4.79 Å². The summed E-state index contributed by atoms with van der Waals surface area (Å²) in [6, 6.07) is 9.58. The maximum atomic E-state index is 12.1. The highest BCUT2D eigenvalue weighted by Gasteiger charge is 2.22. The van der Waals surface area contributed by atoms with Gasteiger partial charge in [0.1, 0.15) is 6.04 Å². The first-order valence-electron chi connectivity index (χ1n) is 6.02. The van der Waals surface area contributed by atoms with E-state index in [1.165, 1.54) is 0 Å². The number of aromatic nitrogens is 2. The normalized spacial score (nSPS) is 12.2. The van der Waals surface area contributed by atoms with E-state index in [4.69, 9.17) is 0 Å². The molecular formula is C14H16BrN3O. The third-order valence-electron chi connectivity index (χ3n) is 2.96. The quantitative estimate of drug-likeness (QED) is 0.871. The van der Waals surface area contributed by atoms with Crippen LogP contribution in [0.2, 0.25) is 0 Å². The minimum absolute atomic E-state index is 0.0211. The van der Waals surface area contributed by atoms with Crippen molar-refractivity contribution in [3.8, 4) is 11.3 Å². The Balaban J connectivity index is 2.47. The van der Waals surface area contributed by atoms with E-state index >= 15 is 0 Å². The van der Waals surface area contributed by atoms with Gasteiger partial charge >= 0.3 is 0 Å². The first-order valence-corrected chi connectivity index (χ1v) is 6.81. The maximum Gasteiger partial charge on any atom is 0.246 e. The van der Waals surface area contributed by atoms with Gasteiger partial charge in [-0.3, -0.25) is 9.48 Å². The van der Waals surface area contributed by atoms with Gasteiger partial charge in [-0.05, 0) is 22.9 Å². The molecule has 2 rings (SSSR count). The summed E-state index contributed by atoms with van der Waals surface area (Å²) in [4.78, 5) is 13.7. The fourth-order valence-electron chi connectivity index (χ4n) is 1.98. The largest absolute Gasteiger partial charge is 0.347 e. The summed E-state index contributed by atoms with van der Waals surface area (Å²) in [7, 11) is 3.50. The zero-order valence-corrected chi connectivity index (χ0v) is 12.8. The number of rotatable bonds is 3. The lowest BCUT2D eigenvalue weighted by molar-refractivity contribution is -0.131. The number of carbonyl (C=O) groups is 1. The Kier molecular flexibility index (Phi) is 4.04. The molecule has 1 amide bonds. The summed E-state index contributed by atoms with van der Waals surface area (Å²) in [5, 5.41) is 4.32. The summed E-state index contributed by atoms with van der Waals surface area (Å²) in [5.41, 5.74) is 1.95. The average molecular weight is 322 g/mol. The van der Waals surface area contributed by atoms with Crippen molar-refractivity contribution in [1.82, 2.24) is 14.7 Å². The molecular weight excluding hydrogens is 306 g/mol. The maximum absolute atomic E-state index is 12.1. The van der Waals surface area contributed by atoms with Crippen molar-refractivity contribution < 1.29 is 4.79 Å². The lowest BCUT2D eigenvalue weighted by atomic mass is 10.1. The van der Waals surface area contributed by atoms with Crippen molar-refractivity contribution in [1.29, 1.82) is 0 Å². The molecule has 1 atom stereocenters. The van der Waals surface area contributed by atoms with Crippen LogP contribution in [0.5, 0.6) is 0 Å². The van der Waals surface area contributed by atoms with Gasteiger partial charge in [-0.25, -0.2) is 0 Å². The predicted octanol–water partition coefficient (Wildman–Crippen LogP) is 2.96. The minimum Gasteiger partial charge on any atom is -0.347 e. The molecule has 2 aromatic rings. The second kappa shape index (κ2) is 5.57. The molecule has 0 radical (unpaired) electrons. The van der Waals surface area contributed by atoms with Crippen LogP contribution in [0.3, 0.4) is 0 Å². The van der Waals surface area contributed by atoms with Crippen LogP contribution in [0.1, 0.15) is 13.0 Å². The monoisotopic (exact) mass is 321 g/mol. The molecule has 5 heteroatoms. The average Bonchev–Trinajstić information content (AvgIpc) is 2.79. The zero-order chi connectivity index (χ0) is 14.0. The van der Waals surface area contributed by atoms with E-state index < -0.39 is 0 Å². The number of hydrogen-bond acceptors (Lipinski definition) is 2. The molecule has 0 aliphatic heterocycles. The summed E-state index contributed by atoms with van der Waals surface area (Å²) in [6.45, 7) is 1.86. The SMILES string of the molecule is CC(C(=O)N(C)C)n1ncc(Br)c1-c1ccccc1. The second-order valence-electron chi connectivity index (χ2n) is 4.56. The molecule has 0 fully saturated rings. The number of benzene rings is 1. The molecule has 0 aliphatic rings. The Morgan fingerprint density at radius 1 is 1.32 bits per heavy atom. The number of amides is 1. The van der Waals surface area contributed by atoms with Crippen molar-refractivity contribution in [2.45, 2.75) is 13.0 Å². The second-order valence-corrected chi connectivity index (χ2v) is 5.41. The number of carbonyl (C=O) groups excluding carboxylic acids is 1. The van der Waals surface area contributed by atoms with Gasteiger partial charge in [-0.1, -0.05) is 30.3 Å². The van der Waals surface area contributed by atoms with Crippen molar-refractivity contribution in [2.24, 2.45) is 0 Å². The van der Waals surface area contributed by atoms with Crippen LogP contribution in [-0.2, 0) is 4.79 Å². The summed E-state index contributed by atoms with van der Waals surface area (Å²) in [5.74, 6) is 0.0211. The summed E-state index contributed by atoms with van der Waals surface area (Å²) in [6.07, 6.45) is 1.72. The third-order valence-corrected chi connectivity index (χ3v) is 3.54. The molecule has 0 aliphatic carbocycles. The third kappa shape index (κ3) is 2.71. The Morgan fingerprint density at radius 2 is 1.95 bits per heavy atom. The van der Waals surface area contributed by atoms with Crippen LogP contribution in [0.15, 0.2) is 41.0 Å². The van der Waals surface area contributed by atoms with Crippen molar-refractivity contribution in [2.75, 3.05) is 14.1 Å². The lowest BCUT2D eigenvalue weighted by Gasteiger charge is -2.19. The van der Waals surface area contributed by atoms with Gasteiger partial charge in [-0.2, -0.15) is 5.10 Å². The highest BCUT2D eigenvalue weighted by Crippen LogP contribution is 2.30. The molecule has 0 bridgehead atoms. The molecule has 0 spiro atoms. The molecule has 1 aromatic heterocycles. The molecule has 1 heterocycles. The van der Waals surface area contributed by atoms with E-state index in [0.29, 0.717) is 0 Å². The van der Waals surface area contributed by atoms with Gasteiger partial charge in [0.05, 0.1) is 16.4 Å². The Hall–Kier alpha value is -1.62. The van der Waals surface area contributed by atoms with Crippen LogP contribution in [0.25, 0.3) is 11.3 Å². The smallest absolute Gasteiger partial charge is 0.246 e. The molecule has 4 nitrogen and oxygen atoms in total. The standard InChI is InChI=1S/C14H16BrN3O/c1-10(14(19)17(2)3)18-13(12(15)9-16-18)11-7-5-4-6-8-11/h4-10H,1-3H3. The van der Waals surface area contributed by atoms with Crippen LogP contribution < -0.4 is 0 Å². The van der Waals surface area contributed by atoms with Gasteiger partial charge in [0, 0.05) is 19.7 Å². The Morgan fingerprint density at radius 3 is 2.53 bits per heavy atom. The van der Waals surface area contributed by atoms with E-state index in [2.05, 4.69) is 21.0 Å². The van der Waals surface area contributed by atoms with Crippen LogP contribution >= 0.6 is 15.9 Å². The van der Waals surface area contributed by atoms with Crippen molar-refractivity contribution in [3.05, 3.63) is 41.0 Å². The molecule has 0 saturated carbocycles. The molecule has 1 aromatic carbocycles. The number of nitrogens with zero attached hydrogens (tertiary/aromatic N) is 3. The van der Waals surface area contributed by atoms with Crippen molar-refractivity contribution >= 4 is 21.8 Å². The highest BCUT2D eigenvalue weighted by molar-refractivity contribution is 9.10. The molecule has 0 saturated heterocycles. The molecule has 100 valence electrons. The number of likely N-dealkylation sites (N-methyl/N-ethyl adjacent to an activating group) is 1. The summed E-state index contributed by atoms with van der Waals surface area (Å²) >= 11 is 3.50. The van der Waals surface area contributed by atoms with E-state index in [0.717, 1.165) is 15.7 Å². The van der Waals surface area contributed by atoms with Crippen LogP contribution in [-0.4, -0.2) is 34.7 Å². The summed E-state index contributed by atoms with van der Waals surface area (Å²) < 4.78 is 2.64. The van der Waals surface area contributed by atoms with Gasteiger partial charge in [0.25, 0.3) is 0 Å². The van der Waals surface area contributed by atoms with Gasteiger partial charge in [0.2, 0.25) is 5.91 Å². The van der Waals surface area contributed by atoms with Crippen LogP contribution in [0, 0.1) is 0 Å². The van der Waals surface area contributed by atoms with Crippen molar-refractivity contribution in [3.63, 3.8) is 0 Å². The highest BCUT2D eigenvalue weighted by atomic mass is 79.9. The number of halogens is 1. The fraction of sp³-hybridized carbons (Fsp3) is 0.286. The van der Waals surface area contributed by atoms with Gasteiger partial charge in [0.15, 0.2) is 0 Å². The Bertz CT molecular complexity index is 578. The van der Waals surface area contributed by atoms with E-state index in [-0.39, 0.29) is 11.9 Å². The predicted molar refractivity (Wildman–Crippen MR) is 78.8 cm³/mol. The molecule has 1 unspecified atom stereocenters.